The quantitative estimate of drug-likeness (QED) is 0.671. The molecule has 0 fully saturated rings. The van der Waals surface area contributed by atoms with Crippen molar-refractivity contribution in [2.24, 2.45) is 5.73 Å². The fourth-order valence-corrected chi connectivity index (χ4v) is 2.29. The highest BCUT2D eigenvalue weighted by Gasteiger charge is 2.16. The van der Waals surface area contributed by atoms with Gasteiger partial charge in [-0.05, 0) is 17.9 Å². The Labute approximate surface area is 126 Å². The van der Waals surface area contributed by atoms with Crippen LogP contribution in [0, 0.1) is 18.9 Å². The maximum atomic E-state index is 12.0. The molecule has 1 aromatic carbocycles. The Bertz CT molecular complexity index is 739. The lowest BCUT2D eigenvalue weighted by molar-refractivity contribution is -0.117. The summed E-state index contributed by atoms with van der Waals surface area (Å²) in [5.41, 5.74) is 7.13. The second-order valence-electron chi connectivity index (χ2n) is 4.22. The van der Waals surface area contributed by atoms with E-state index in [4.69, 9.17) is 18.7 Å². The normalized spacial score (nSPS) is 11.2. The summed E-state index contributed by atoms with van der Waals surface area (Å²) in [4.78, 5) is 19.5. The van der Waals surface area contributed by atoms with Crippen LogP contribution in [0.1, 0.15) is 10.6 Å². The minimum atomic E-state index is -0.760. The Morgan fingerprint density at radius 3 is 3.00 bits per heavy atom. The fraction of sp³-hybridized carbons (Fsp3) is 0.133. The van der Waals surface area contributed by atoms with Crippen molar-refractivity contribution < 1.29 is 4.79 Å². The number of thiazole rings is 1. The van der Waals surface area contributed by atoms with Crippen molar-refractivity contribution >= 4 is 28.7 Å². The number of nitrogens with one attached hydrogen (secondary N) is 1. The van der Waals surface area contributed by atoms with E-state index >= 15 is 0 Å². The topological polar surface area (TPSA) is 72.4 Å². The molecule has 1 heterocycles. The number of carbonyl (C=O) groups excluding carboxylic acids is 1. The lowest BCUT2D eigenvalue weighted by Crippen LogP contribution is -2.37. The first-order chi connectivity index (χ1) is 10.1. The van der Waals surface area contributed by atoms with Crippen LogP contribution in [0.15, 0.2) is 29.6 Å². The van der Waals surface area contributed by atoms with Crippen molar-refractivity contribution in [3.05, 3.63) is 51.6 Å². The van der Waals surface area contributed by atoms with E-state index in [2.05, 4.69) is 21.1 Å². The Morgan fingerprint density at radius 1 is 1.57 bits per heavy atom. The van der Waals surface area contributed by atoms with E-state index in [1.54, 1.807) is 23.6 Å². The van der Waals surface area contributed by atoms with E-state index in [0.717, 1.165) is 5.56 Å². The van der Waals surface area contributed by atoms with Crippen molar-refractivity contribution in [3.63, 3.8) is 0 Å². The molecule has 0 aliphatic rings. The summed E-state index contributed by atoms with van der Waals surface area (Å²) >= 11 is 1.27. The maximum absolute atomic E-state index is 12.0. The minimum Gasteiger partial charge on any atom is -0.320 e. The van der Waals surface area contributed by atoms with Crippen molar-refractivity contribution in [1.29, 1.82) is 0 Å². The first kappa shape index (κ1) is 14.7. The summed E-state index contributed by atoms with van der Waals surface area (Å²) in [5.74, 6) is 2.43. The number of nitrogens with zero attached hydrogens (tertiary/aromatic N) is 2. The number of benzene rings is 1. The maximum Gasteiger partial charge on any atom is 0.242 e. The predicted octanol–water partition coefficient (Wildman–Crippen LogP) is 2.18. The largest absolute Gasteiger partial charge is 0.320 e. The third-order valence-electron chi connectivity index (χ3n) is 2.77. The fourth-order valence-electron chi connectivity index (χ4n) is 1.74. The first-order valence-electron chi connectivity index (χ1n) is 6.08. The smallest absolute Gasteiger partial charge is 0.242 e. The number of carbonyl (C=O) groups is 1. The zero-order valence-corrected chi connectivity index (χ0v) is 11.9. The van der Waals surface area contributed by atoms with Crippen LogP contribution in [0.3, 0.4) is 0 Å². The van der Waals surface area contributed by atoms with Crippen LogP contribution >= 0.6 is 11.3 Å². The highest BCUT2D eigenvalue weighted by atomic mass is 32.1. The number of hydrogen-bond acceptors (Lipinski definition) is 4. The van der Waals surface area contributed by atoms with E-state index in [9.17, 15) is 4.79 Å². The van der Waals surface area contributed by atoms with Crippen LogP contribution in [-0.2, 0) is 11.2 Å². The number of hydrogen-bond donors (Lipinski definition) is 2. The number of terminal acetylenes is 1. The monoisotopic (exact) mass is 296 g/mol. The van der Waals surface area contributed by atoms with Gasteiger partial charge in [0.05, 0.1) is 12.6 Å². The van der Waals surface area contributed by atoms with E-state index in [1.165, 1.54) is 11.3 Å². The van der Waals surface area contributed by atoms with Gasteiger partial charge in [-0.2, -0.15) is 0 Å². The van der Waals surface area contributed by atoms with Gasteiger partial charge in [-0.25, -0.2) is 9.83 Å². The molecule has 0 spiro atoms. The Balaban J connectivity index is 2.03. The van der Waals surface area contributed by atoms with E-state index in [-0.39, 0.29) is 12.3 Å². The molecule has 21 heavy (non-hydrogen) atoms. The van der Waals surface area contributed by atoms with Gasteiger partial charge < -0.3 is 11.1 Å². The standard InChI is InChI=1S/C15H12N4OS/c1-3-14-18-13(9-21-14)19-15(20)11(16)8-10-6-4-5-7-12(10)17-2/h1,4-7,9,11H,8,16H2,(H,19,20)/t11-/m1/s1. The molecule has 0 saturated heterocycles. The third kappa shape index (κ3) is 3.67. The summed E-state index contributed by atoms with van der Waals surface area (Å²) in [6, 6.07) is 6.32. The molecular formula is C15H12N4OS. The number of amides is 1. The molecule has 0 unspecified atom stereocenters. The van der Waals surface area contributed by atoms with Crippen molar-refractivity contribution in [3.8, 4) is 12.3 Å². The second kappa shape index (κ2) is 6.67. The number of aromatic nitrogens is 1. The van der Waals surface area contributed by atoms with Crippen LogP contribution in [0.2, 0.25) is 0 Å². The predicted molar refractivity (Wildman–Crippen MR) is 83.1 cm³/mol. The molecule has 1 aromatic heterocycles. The molecule has 0 radical (unpaired) electrons. The van der Waals surface area contributed by atoms with Crippen LogP contribution in [0.4, 0.5) is 11.5 Å². The lowest BCUT2D eigenvalue weighted by atomic mass is 10.0. The molecule has 3 N–H and O–H groups in total. The summed E-state index contributed by atoms with van der Waals surface area (Å²) in [6.07, 6.45) is 5.51. The van der Waals surface area contributed by atoms with Gasteiger partial charge in [0.15, 0.2) is 10.7 Å². The average molecular weight is 296 g/mol. The molecule has 2 rings (SSSR count). The molecule has 0 aliphatic heterocycles. The molecule has 5 nitrogen and oxygen atoms in total. The van der Waals surface area contributed by atoms with Crippen LogP contribution in [0.5, 0.6) is 0 Å². The SMILES string of the molecule is [C-]#[N+]c1ccccc1C[C@@H](N)C(=O)Nc1csc(C#C)n1. The molecule has 0 bridgehead atoms. The zero-order chi connectivity index (χ0) is 15.2. The second-order valence-corrected chi connectivity index (χ2v) is 5.08. The molecule has 1 atom stereocenters. The summed E-state index contributed by atoms with van der Waals surface area (Å²) in [7, 11) is 0. The molecule has 0 saturated carbocycles. The lowest BCUT2D eigenvalue weighted by Gasteiger charge is -2.12. The van der Waals surface area contributed by atoms with E-state index in [1.807, 2.05) is 6.07 Å². The summed E-state index contributed by atoms with van der Waals surface area (Å²) in [6.45, 7) is 7.10. The van der Waals surface area contributed by atoms with Crippen LogP contribution in [0.25, 0.3) is 4.85 Å². The Hall–Kier alpha value is -2.67. The molecule has 2 aromatic rings. The van der Waals surface area contributed by atoms with Gasteiger partial charge in [0.1, 0.15) is 5.82 Å². The number of rotatable bonds is 4. The average Bonchev–Trinajstić information content (AvgIpc) is 2.95. The summed E-state index contributed by atoms with van der Waals surface area (Å²) in [5, 5.41) is 4.77. The molecule has 104 valence electrons. The van der Waals surface area contributed by atoms with Crippen LogP contribution in [-0.4, -0.2) is 16.9 Å². The third-order valence-corrected chi connectivity index (χ3v) is 3.54. The van der Waals surface area contributed by atoms with Crippen LogP contribution < -0.4 is 11.1 Å². The minimum absolute atomic E-state index is 0.288. The van der Waals surface area contributed by atoms with Gasteiger partial charge in [0.2, 0.25) is 5.91 Å². The van der Waals surface area contributed by atoms with Gasteiger partial charge in [0, 0.05) is 5.38 Å². The van der Waals surface area contributed by atoms with Gasteiger partial charge in [-0.15, -0.1) is 17.8 Å². The van der Waals surface area contributed by atoms with Gasteiger partial charge >= 0.3 is 0 Å². The van der Waals surface area contributed by atoms with E-state index < -0.39 is 6.04 Å². The van der Waals surface area contributed by atoms with Gasteiger partial charge in [0.25, 0.3) is 0 Å². The number of nitrogens with two attached hydrogens (primary N) is 1. The van der Waals surface area contributed by atoms with Gasteiger partial charge in [-0.1, -0.05) is 24.3 Å². The molecule has 0 aliphatic carbocycles. The first-order valence-corrected chi connectivity index (χ1v) is 6.96. The molecule has 6 heteroatoms. The van der Waals surface area contributed by atoms with E-state index in [0.29, 0.717) is 16.5 Å². The summed E-state index contributed by atoms with van der Waals surface area (Å²) < 4.78 is 0. The Morgan fingerprint density at radius 2 is 2.33 bits per heavy atom. The zero-order valence-electron chi connectivity index (χ0n) is 11.0. The number of anilines is 1. The highest BCUT2D eigenvalue weighted by molar-refractivity contribution is 7.10. The number of para-hydroxylation sites is 1. The Kier molecular flexibility index (Phi) is 4.68. The van der Waals surface area contributed by atoms with Crippen molar-refractivity contribution in [2.45, 2.75) is 12.5 Å². The van der Waals surface area contributed by atoms with Crippen molar-refractivity contribution in [2.75, 3.05) is 5.32 Å². The van der Waals surface area contributed by atoms with Crippen molar-refractivity contribution in [1.82, 2.24) is 4.98 Å². The van der Waals surface area contributed by atoms with Gasteiger partial charge in [-0.3, -0.25) is 4.79 Å². The highest BCUT2D eigenvalue weighted by Crippen LogP contribution is 2.20. The molecule has 1 amide bonds. The molecular weight excluding hydrogens is 284 g/mol.